The molecule has 0 saturated carbocycles. The zero-order valence-corrected chi connectivity index (χ0v) is 18.5. The fourth-order valence-corrected chi connectivity index (χ4v) is 5.12. The van der Waals surface area contributed by atoms with E-state index >= 15 is 0 Å². The Kier molecular flexibility index (Phi) is 6.39. The Bertz CT molecular complexity index is 941. The van der Waals surface area contributed by atoms with Crippen LogP contribution in [0.25, 0.3) is 0 Å². The molecule has 1 fully saturated rings. The highest BCUT2D eigenvalue weighted by molar-refractivity contribution is 7.99. The first-order valence-corrected chi connectivity index (χ1v) is 11.5. The molecule has 0 N–H and O–H groups in total. The van der Waals surface area contributed by atoms with Gasteiger partial charge in [-0.05, 0) is 49.7 Å². The van der Waals surface area contributed by atoms with Gasteiger partial charge in [-0.2, -0.15) is 0 Å². The second kappa shape index (κ2) is 9.18. The molecule has 0 atom stereocenters. The molecule has 2 aromatic rings. The molecule has 7 heteroatoms. The number of carbonyl (C=O) groups is 2. The van der Waals surface area contributed by atoms with Gasteiger partial charge < -0.3 is 9.80 Å². The summed E-state index contributed by atoms with van der Waals surface area (Å²) in [6.45, 7) is 9.33. The van der Waals surface area contributed by atoms with Crippen LogP contribution in [-0.4, -0.2) is 65.9 Å². The lowest BCUT2D eigenvalue weighted by molar-refractivity contribution is 0.0637. The van der Waals surface area contributed by atoms with Crippen LogP contribution in [-0.2, 0) is 0 Å². The standard InChI is InChI=1S/C23H28N4O2S/c1-3-10-25-12-14-26(15-13-25)22(28)17-7-8-19-20(16-17)30-21-18(6-5-9-24-21)23(29)27(19)11-4-2/h5-9,16H,3-4,10-15H2,1-2H3. The van der Waals surface area contributed by atoms with E-state index in [0.29, 0.717) is 22.7 Å². The topological polar surface area (TPSA) is 56.8 Å². The largest absolute Gasteiger partial charge is 0.336 e. The van der Waals surface area contributed by atoms with Crippen LogP contribution in [0.15, 0.2) is 46.5 Å². The van der Waals surface area contributed by atoms with E-state index in [1.807, 2.05) is 34.1 Å². The van der Waals surface area contributed by atoms with Crippen molar-refractivity contribution in [3.8, 4) is 0 Å². The number of aromatic nitrogens is 1. The number of pyridine rings is 1. The smallest absolute Gasteiger partial charge is 0.261 e. The SMILES string of the molecule is CCCN1CCN(C(=O)c2ccc3c(c2)Sc2ncccc2C(=O)N3CCC)CC1. The van der Waals surface area contributed by atoms with Gasteiger partial charge in [0.05, 0.1) is 11.3 Å². The third kappa shape index (κ3) is 4.09. The van der Waals surface area contributed by atoms with Crippen LogP contribution in [0.4, 0.5) is 5.69 Å². The fraction of sp³-hybridized carbons (Fsp3) is 0.435. The molecule has 158 valence electrons. The highest BCUT2D eigenvalue weighted by atomic mass is 32.2. The summed E-state index contributed by atoms with van der Waals surface area (Å²) in [7, 11) is 0. The van der Waals surface area contributed by atoms with Gasteiger partial charge in [-0.15, -0.1) is 0 Å². The molecule has 4 rings (SSSR count). The summed E-state index contributed by atoms with van der Waals surface area (Å²) in [5, 5.41) is 0.695. The molecule has 2 aliphatic heterocycles. The van der Waals surface area contributed by atoms with Crippen molar-refractivity contribution in [2.45, 2.75) is 36.6 Å². The maximum Gasteiger partial charge on any atom is 0.261 e. The summed E-state index contributed by atoms with van der Waals surface area (Å²) in [5.41, 5.74) is 2.15. The van der Waals surface area contributed by atoms with E-state index in [4.69, 9.17) is 0 Å². The quantitative estimate of drug-likeness (QED) is 0.731. The molecule has 6 nitrogen and oxygen atoms in total. The Labute approximate surface area is 182 Å². The predicted octanol–water partition coefficient (Wildman–Crippen LogP) is 3.77. The zero-order valence-electron chi connectivity index (χ0n) is 17.6. The molecule has 3 heterocycles. The van der Waals surface area contributed by atoms with Crippen molar-refractivity contribution in [2.75, 3.05) is 44.2 Å². The Hall–Kier alpha value is -2.38. The van der Waals surface area contributed by atoms with Crippen molar-refractivity contribution in [3.63, 3.8) is 0 Å². The molecule has 0 radical (unpaired) electrons. The first-order chi connectivity index (χ1) is 14.6. The number of fused-ring (bicyclic) bond motifs is 2. The van der Waals surface area contributed by atoms with E-state index in [2.05, 4.69) is 23.7 Å². The van der Waals surface area contributed by atoms with E-state index in [-0.39, 0.29) is 11.8 Å². The molecule has 0 spiro atoms. The molecule has 0 aliphatic carbocycles. The summed E-state index contributed by atoms with van der Waals surface area (Å²) in [6.07, 6.45) is 3.70. The second-order valence-corrected chi connectivity index (χ2v) is 8.76. The van der Waals surface area contributed by atoms with Gasteiger partial charge in [-0.25, -0.2) is 4.98 Å². The number of hydrogen-bond acceptors (Lipinski definition) is 5. The van der Waals surface area contributed by atoms with Crippen molar-refractivity contribution in [3.05, 3.63) is 47.7 Å². The van der Waals surface area contributed by atoms with E-state index in [1.54, 1.807) is 12.3 Å². The van der Waals surface area contributed by atoms with Gasteiger partial charge in [0, 0.05) is 49.4 Å². The average Bonchev–Trinajstić information content (AvgIpc) is 2.89. The molecule has 0 bridgehead atoms. The van der Waals surface area contributed by atoms with Crippen LogP contribution >= 0.6 is 11.8 Å². The van der Waals surface area contributed by atoms with E-state index in [0.717, 1.165) is 56.1 Å². The van der Waals surface area contributed by atoms with Gasteiger partial charge in [0.25, 0.3) is 11.8 Å². The molecule has 2 aliphatic rings. The van der Waals surface area contributed by atoms with Gasteiger partial charge in [-0.3, -0.25) is 14.5 Å². The highest BCUT2D eigenvalue weighted by Gasteiger charge is 2.29. The van der Waals surface area contributed by atoms with E-state index in [9.17, 15) is 9.59 Å². The molecule has 2 amide bonds. The number of anilines is 1. The summed E-state index contributed by atoms with van der Waals surface area (Å²) >= 11 is 1.47. The zero-order chi connectivity index (χ0) is 21.1. The minimum absolute atomic E-state index is 0.0303. The molecule has 1 aromatic carbocycles. The van der Waals surface area contributed by atoms with Crippen LogP contribution in [0.2, 0.25) is 0 Å². The van der Waals surface area contributed by atoms with Crippen LogP contribution in [0.3, 0.4) is 0 Å². The summed E-state index contributed by atoms with van der Waals surface area (Å²) in [5.74, 6) is 0.0331. The lowest BCUT2D eigenvalue weighted by atomic mass is 10.1. The van der Waals surface area contributed by atoms with Crippen LogP contribution in [0, 0.1) is 0 Å². The lowest BCUT2D eigenvalue weighted by Gasteiger charge is -2.34. The number of hydrogen-bond donors (Lipinski definition) is 0. The van der Waals surface area contributed by atoms with Crippen molar-refractivity contribution in [2.24, 2.45) is 0 Å². The van der Waals surface area contributed by atoms with Gasteiger partial charge in [0.2, 0.25) is 0 Å². The number of carbonyl (C=O) groups excluding carboxylic acids is 2. The Morgan fingerprint density at radius 2 is 1.83 bits per heavy atom. The normalized spacial score (nSPS) is 16.8. The molecular weight excluding hydrogens is 396 g/mol. The van der Waals surface area contributed by atoms with Gasteiger partial charge in [0.1, 0.15) is 5.03 Å². The minimum Gasteiger partial charge on any atom is -0.336 e. The van der Waals surface area contributed by atoms with Crippen molar-refractivity contribution < 1.29 is 9.59 Å². The Morgan fingerprint density at radius 3 is 2.57 bits per heavy atom. The first kappa shape index (κ1) is 20.9. The first-order valence-electron chi connectivity index (χ1n) is 10.7. The number of benzene rings is 1. The third-order valence-corrected chi connectivity index (χ3v) is 6.66. The van der Waals surface area contributed by atoms with Gasteiger partial charge in [0.15, 0.2) is 0 Å². The molecule has 0 unspecified atom stereocenters. The van der Waals surface area contributed by atoms with Crippen LogP contribution < -0.4 is 4.90 Å². The number of piperazine rings is 1. The van der Waals surface area contributed by atoms with Crippen LogP contribution in [0.1, 0.15) is 47.4 Å². The average molecular weight is 425 g/mol. The predicted molar refractivity (Wildman–Crippen MR) is 119 cm³/mol. The monoisotopic (exact) mass is 424 g/mol. The lowest BCUT2D eigenvalue weighted by Crippen LogP contribution is -2.48. The van der Waals surface area contributed by atoms with Crippen molar-refractivity contribution in [1.29, 1.82) is 0 Å². The second-order valence-electron chi connectivity index (χ2n) is 7.73. The Balaban J connectivity index is 1.62. The van der Waals surface area contributed by atoms with E-state index in [1.165, 1.54) is 11.8 Å². The third-order valence-electron chi connectivity index (χ3n) is 5.60. The number of rotatable bonds is 5. The maximum atomic E-state index is 13.2. The van der Waals surface area contributed by atoms with E-state index < -0.39 is 0 Å². The van der Waals surface area contributed by atoms with Crippen molar-refractivity contribution >= 4 is 29.3 Å². The molecule has 30 heavy (non-hydrogen) atoms. The highest BCUT2D eigenvalue weighted by Crippen LogP contribution is 2.41. The minimum atomic E-state index is -0.0303. The summed E-state index contributed by atoms with van der Waals surface area (Å²) in [4.78, 5) is 37.8. The summed E-state index contributed by atoms with van der Waals surface area (Å²) in [6, 6.07) is 9.33. The molecular formula is C23H28N4O2S. The van der Waals surface area contributed by atoms with Gasteiger partial charge >= 0.3 is 0 Å². The van der Waals surface area contributed by atoms with Crippen molar-refractivity contribution in [1.82, 2.24) is 14.8 Å². The Morgan fingerprint density at radius 1 is 1.07 bits per heavy atom. The fourth-order valence-electron chi connectivity index (χ4n) is 4.06. The maximum absolute atomic E-state index is 13.2. The number of nitrogens with zero attached hydrogens (tertiary/aromatic N) is 4. The summed E-state index contributed by atoms with van der Waals surface area (Å²) < 4.78 is 0. The molecule has 1 saturated heterocycles. The number of amides is 2. The van der Waals surface area contributed by atoms with Gasteiger partial charge in [-0.1, -0.05) is 25.6 Å². The van der Waals surface area contributed by atoms with Crippen LogP contribution in [0.5, 0.6) is 0 Å². The molecule has 1 aromatic heterocycles.